The van der Waals surface area contributed by atoms with Gasteiger partial charge in [-0.2, -0.15) is 18.3 Å². The molecule has 1 aliphatic heterocycles. The summed E-state index contributed by atoms with van der Waals surface area (Å²) in [5, 5.41) is 10.6. The number of pyridine rings is 2. The van der Waals surface area contributed by atoms with E-state index < -0.39 is 11.9 Å². The van der Waals surface area contributed by atoms with Crippen molar-refractivity contribution in [1.29, 1.82) is 0 Å². The first-order valence-corrected chi connectivity index (χ1v) is 11.4. The predicted octanol–water partition coefficient (Wildman–Crippen LogP) is 4.08. The van der Waals surface area contributed by atoms with Crippen molar-refractivity contribution in [3.8, 4) is 5.75 Å². The van der Waals surface area contributed by atoms with Crippen molar-refractivity contribution in [3.05, 3.63) is 53.2 Å². The molecule has 0 spiro atoms. The summed E-state index contributed by atoms with van der Waals surface area (Å²) in [7, 11) is 3.08. The van der Waals surface area contributed by atoms with Crippen LogP contribution in [0.25, 0.3) is 0 Å². The highest BCUT2D eigenvalue weighted by Crippen LogP contribution is 2.37. The van der Waals surface area contributed by atoms with E-state index in [2.05, 4.69) is 25.7 Å². The van der Waals surface area contributed by atoms with Gasteiger partial charge in [0.15, 0.2) is 5.69 Å². The molecule has 3 aromatic heterocycles. The van der Waals surface area contributed by atoms with Gasteiger partial charge in [-0.15, -0.1) is 0 Å². The molecule has 0 saturated heterocycles. The first-order valence-electron chi connectivity index (χ1n) is 11.4. The number of methoxy groups -OCH3 is 1. The topological polar surface area (TPSA) is 97.2 Å². The average Bonchev–Trinajstić information content (AvgIpc) is 3.24. The van der Waals surface area contributed by atoms with E-state index in [4.69, 9.17) is 4.74 Å². The zero-order valence-electron chi connectivity index (χ0n) is 20.6. The molecular formula is C24H28F3N7O2. The summed E-state index contributed by atoms with van der Waals surface area (Å²) in [5.41, 5.74) is 2.63. The van der Waals surface area contributed by atoms with Crippen molar-refractivity contribution in [2.45, 2.75) is 46.1 Å². The molecule has 0 fully saturated rings. The number of amides is 1. The maximum atomic E-state index is 13.0. The first kappa shape index (κ1) is 25.3. The quantitative estimate of drug-likeness (QED) is 0.502. The number of hydrogen-bond acceptors (Lipinski definition) is 7. The fourth-order valence-corrected chi connectivity index (χ4v) is 4.36. The molecule has 0 saturated carbocycles. The summed E-state index contributed by atoms with van der Waals surface area (Å²) in [6.07, 6.45) is 0.0513. The zero-order valence-corrected chi connectivity index (χ0v) is 20.6. The van der Waals surface area contributed by atoms with Gasteiger partial charge in [0.25, 0.3) is 0 Å². The van der Waals surface area contributed by atoms with Gasteiger partial charge in [-0.3, -0.25) is 9.48 Å². The highest BCUT2D eigenvalue weighted by atomic mass is 19.4. The Labute approximate surface area is 206 Å². The second-order valence-corrected chi connectivity index (χ2v) is 9.07. The Bertz CT molecular complexity index is 1270. The van der Waals surface area contributed by atoms with Crippen molar-refractivity contribution < 1.29 is 22.7 Å². The second kappa shape index (κ2) is 9.67. The molecule has 12 heteroatoms. The van der Waals surface area contributed by atoms with Crippen LogP contribution in [0.1, 0.15) is 36.4 Å². The molecule has 192 valence electrons. The number of likely N-dealkylation sites (N-methyl/N-ethyl adjacent to an activating group) is 1. The Morgan fingerprint density at radius 2 is 1.97 bits per heavy atom. The smallest absolute Gasteiger partial charge is 0.437 e. The maximum Gasteiger partial charge on any atom is 0.437 e. The Kier molecular flexibility index (Phi) is 6.79. The molecule has 2 N–H and O–H groups in total. The van der Waals surface area contributed by atoms with Crippen LogP contribution in [0.15, 0.2) is 30.7 Å². The van der Waals surface area contributed by atoms with Crippen molar-refractivity contribution >= 4 is 23.1 Å². The number of anilines is 3. The van der Waals surface area contributed by atoms with Crippen molar-refractivity contribution in [1.82, 2.24) is 19.7 Å². The van der Waals surface area contributed by atoms with Crippen LogP contribution in [0.4, 0.5) is 30.4 Å². The van der Waals surface area contributed by atoms with E-state index in [1.807, 2.05) is 38.8 Å². The summed E-state index contributed by atoms with van der Waals surface area (Å²) < 4.78 is 45.6. The van der Waals surface area contributed by atoms with Crippen LogP contribution in [-0.2, 0) is 24.1 Å². The lowest BCUT2D eigenvalue weighted by Gasteiger charge is -2.38. The van der Waals surface area contributed by atoms with E-state index in [1.165, 1.54) is 19.4 Å². The molecule has 0 radical (unpaired) electrons. The molecule has 4 rings (SSSR count). The third kappa shape index (κ3) is 5.07. The van der Waals surface area contributed by atoms with E-state index in [-0.39, 0.29) is 30.2 Å². The fraction of sp³-hybridized carbons (Fsp3) is 0.417. The van der Waals surface area contributed by atoms with Crippen LogP contribution in [-0.4, -0.2) is 45.9 Å². The predicted molar refractivity (Wildman–Crippen MR) is 129 cm³/mol. The molecule has 1 aliphatic rings. The number of ether oxygens (including phenoxy) is 1. The number of aryl methyl sites for hydroxylation is 1. The minimum Gasteiger partial charge on any atom is -0.494 e. The van der Waals surface area contributed by atoms with Gasteiger partial charge in [-0.05, 0) is 24.5 Å². The number of carbonyl (C=O) groups excluding carboxylic acids is 1. The van der Waals surface area contributed by atoms with Gasteiger partial charge in [0.1, 0.15) is 17.6 Å². The summed E-state index contributed by atoms with van der Waals surface area (Å²) >= 11 is 0. The van der Waals surface area contributed by atoms with Crippen LogP contribution in [0.3, 0.4) is 0 Å². The standard InChI is InChI=1S/C24H28F3N7O2/c1-13(2)21-23(35)32-20-14(3)31-19(7-17(20)33(21)4)28-9-16-10-30-34(12-16)11-15-6-18(36-5)22(29-8-15)24(25,26)27/h6-8,10,12-13,21H,9,11H2,1-5H3,(H,28,31)(H,32,35)/t21-/m0/s1. The molecule has 1 amide bonds. The van der Waals surface area contributed by atoms with E-state index in [1.54, 1.807) is 17.1 Å². The van der Waals surface area contributed by atoms with Gasteiger partial charge in [0.2, 0.25) is 5.91 Å². The van der Waals surface area contributed by atoms with Crippen LogP contribution in [0, 0.1) is 12.8 Å². The number of hydrogen-bond donors (Lipinski definition) is 2. The van der Waals surface area contributed by atoms with Gasteiger partial charge in [0.05, 0.1) is 36.9 Å². The van der Waals surface area contributed by atoms with Gasteiger partial charge in [-0.1, -0.05) is 13.8 Å². The number of rotatable bonds is 7. The number of nitrogens with one attached hydrogen (secondary N) is 2. The minimum absolute atomic E-state index is 0.0427. The largest absolute Gasteiger partial charge is 0.494 e. The molecule has 1 atom stereocenters. The minimum atomic E-state index is -4.59. The number of aromatic nitrogens is 4. The average molecular weight is 504 g/mol. The number of alkyl halides is 3. The number of nitrogens with zero attached hydrogens (tertiary/aromatic N) is 5. The molecule has 0 unspecified atom stereocenters. The van der Waals surface area contributed by atoms with E-state index >= 15 is 0 Å². The molecule has 36 heavy (non-hydrogen) atoms. The lowest BCUT2D eigenvalue weighted by atomic mass is 9.98. The summed E-state index contributed by atoms with van der Waals surface area (Å²) in [4.78, 5) is 22.6. The number of halogens is 3. The Hall–Kier alpha value is -3.83. The molecule has 0 bridgehead atoms. The summed E-state index contributed by atoms with van der Waals surface area (Å²) in [5.74, 6) is 0.419. The first-order chi connectivity index (χ1) is 17.0. The Morgan fingerprint density at radius 3 is 2.64 bits per heavy atom. The highest BCUT2D eigenvalue weighted by Gasteiger charge is 2.36. The molecule has 3 aromatic rings. The zero-order chi connectivity index (χ0) is 26.2. The van der Waals surface area contributed by atoms with Crippen molar-refractivity contribution in [3.63, 3.8) is 0 Å². The van der Waals surface area contributed by atoms with Crippen molar-refractivity contribution in [2.24, 2.45) is 5.92 Å². The Morgan fingerprint density at radius 1 is 1.22 bits per heavy atom. The Balaban J connectivity index is 1.45. The summed E-state index contributed by atoms with van der Waals surface area (Å²) in [6.45, 7) is 6.53. The van der Waals surface area contributed by atoms with Crippen LogP contribution >= 0.6 is 0 Å². The third-order valence-corrected chi connectivity index (χ3v) is 6.03. The normalized spacial score (nSPS) is 15.6. The second-order valence-electron chi connectivity index (χ2n) is 9.07. The van der Waals surface area contributed by atoms with Gasteiger partial charge in [0, 0.05) is 37.6 Å². The van der Waals surface area contributed by atoms with E-state index in [0.29, 0.717) is 29.3 Å². The molecule has 0 aliphatic carbocycles. The maximum absolute atomic E-state index is 13.0. The lowest BCUT2D eigenvalue weighted by Crippen LogP contribution is -2.49. The summed E-state index contributed by atoms with van der Waals surface area (Å²) in [6, 6.07) is 2.94. The van der Waals surface area contributed by atoms with Gasteiger partial charge < -0.3 is 20.3 Å². The molecule has 4 heterocycles. The van der Waals surface area contributed by atoms with Crippen LogP contribution in [0.2, 0.25) is 0 Å². The van der Waals surface area contributed by atoms with E-state index in [9.17, 15) is 18.0 Å². The van der Waals surface area contributed by atoms with Gasteiger partial charge >= 0.3 is 6.18 Å². The van der Waals surface area contributed by atoms with Gasteiger partial charge in [-0.25, -0.2) is 9.97 Å². The monoisotopic (exact) mass is 503 g/mol. The number of fused-ring (bicyclic) bond motifs is 1. The SMILES string of the molecule is COc1cc(Cn2cc(CNc3cc4c(c(C)n3)NC(=O)[C@H](C(C)C)N4C)cn2)cnc1C(F)(F)F. The fourth-order valence-electron chi connectivity index (χ4n) is 4.36. The van der Waals surface area contributed by atoms with Crippen molar-refractivity contribution in [2.75, 3.05) is 29.7 Å². The molecular weight excluding hydrogens is 475 g/mol. The van der Waals surface area contributed by atoms with Crippen LogP contribution < -0.4 is 20.3 Å². The third-order valence-electron chi connectivity index (χ3n) is 6.03. The molecule has 9 nitrogen and oxygen atoms in total. The molecule has 0 aromatic carbocycles. The lowest BCUT2D eigenvalue weighted by molar-refractivity contribution is -0.142. The van der Waals surface area contributed by atoms with Crippen LogP contribution in [0.5, 0.6) is 5.75 Å². The number of carbonyl (C=O) groups is 1. The van der Waals surface area contributed by atoms with E-state index in [0.717, 1.165) is 11.3 Å². The highest BCUT2D eigenvalue weighted by molar-refractivity contribution is 6.04.